The minimum absolute atomic E-state index is 0.256. The van der Waals surface area contributed by atoms with Crippen LogP contribution in [0.15, 0.2) is 60.0 Å². The van der Waals surface area contributed by atoms with Crippen LogP contribution in [0.2, 0.25) is 0 Å². The van der Waals surface area contributed by atoms with E-state index in [4.69, 9.17) is 4.74 Å². The number of benzene rings is 2. The first-order valence-corrected chi connectivity index (χ1v) is 9.87. The smallest absolute Gasteiger partial charge is 0.253 e. The average molecular weight is 407 g/mol. The monoisotopic (exact) mass is 407 g/mol. The SMILES string of the molecule is CNC(=O)c1ccccc1NC(=O)/C=C/c1ccc(OCc2csc(C)n2)cc1. The fourth-order valence-electron chi connectivity index (χ4n) is 2.58. The van der Waals surface area contributed by atoms with Gasteiger partial charge in [-0.15, -0.1) is 11.3 Å². The van der Waals surface area contributed by atoms with Gasteiger partial charge < -0.3 is 15.4 Å². The number of aromatic nitrogens is 1. The number of aryl methyl sites for hydroxylation is 1. The van der Waals surface area contributed by atoms with E-state index in [2.05, 4.69) is 15.6 Å². The van der Waals surface area contributed by atoms with Gasteiger partial charge in [0.15, 0.2) is 0 Å². The van der Waals surface area contributed by atoms with Crippen molar-refractivity contribution in [3.05, 3.63) is 81.8 Å². The van der Waals surface area contributed by atoms with Gasteiger partial charge in [0.05, 0.1) is 22.0 Å². The predicted molar refractivity (Wildman–Crippen MR) is 115 cm³/mol. The molecule has 0 bridgehead atoms. The normalized spacial score (nSPS) is 10.7. The molecule has 1 heterocycles. The van der Waals surface area contributed by atoms with E-state index in [-0.39, 0.29) is 11.8 Å². The topological polar surface area (TPSA) is 80.3 Å². The summed E-state index contributed by atoms with van der Waals surface area (Å²) in [5.74, 6) is 0.158. The van der Waals surface area contributed by atoms with Crippen molar-refractivity contribution in [2.45, 2.75) is 13.5 Å². The number of carbonyl (C=O) groups is 2. The van der Waals surface area contributed by atoms with E-state index in [0.29, 0.717) is 17.9 Å². The summed E-state index contributed by atoms with van der Waals surface area (Å²) in [6, 6.07) is 14.3. The Kier molecular flexibility index (Phi) is 6.76. The van der Waals surface area contributed by atoms with Crippen LogP contribution in [0, 0.1) is 6.92 Å². The van der Waals surface area contributed by atoms with Crippen molar-refractivity contribution in [1.29, 1.82) is 0 Å². The van der Waals surface area contributed by atoms with Crippen LogP contribution in [0.4, 0.5) is 5.69 Å². The molecule has 2 aromatic carbocycles. The standard InChI is InChI=1S/C22H21N3O3S/c1-15-24-17(14-29-15)13-28-18-10-7-16(8-11-18)9-12-21(26)25-20-6-4-3-5-19(20)22(27)23-2/h3-12,14H,13H2,1-2H3,(H,23,27)(H,25,26)/b12-9+. The maximum atomic E-state index is 12.2. The van der Waals surface area contributed by atoms with Crippen LogP contribution in [-0.4, -0.2) is 23.8 Å². The van der Waals surface area contributed by atoms with Crippen LogP contribution in [0.1, 0.15) is 26.6 Å². The number of anilines is 1. The summed E-state index contributed by atoms with van der Waals surface area (Å²) >= 11 is 1.60. The van der Waals surface area contributed by atoms with Crippen LogP contribution in [-0.2, 0) is 11.4 Å². The van der Waals surface area contributed by atoms with Crippen molar-refractivity contribution in [3.8, 4) is 5.75 Å². The molecule has 0 radical (unpaired) electrons. The number of amides is 2. The molecule has 3 aromatic rings. The second-order valence-corrected chi connectivity index (χ2v) is 7.23. The summed E-state index contributed by atoms with van der Waals surface area (Å²) in [5.41, 5.74) is 2.64. The second kappa shape index (κ2) is 9.66. The summed E-state index contributed by atoms with van der Waals surface area (Å²) < 4.78 is 5.71. The lowest BCUT2D eigenvalue weighted by Gasteiger charge is -2.08. The molecule has 0 fully saturated rings. The van der Waals surface area contributed by atoms with Crippen molar-refractivity contribution in [2.75, 3.05) is 12.4 Å². The van der Waals surface area contributed by atoms with E-state index < -0.39 is 0 Å². The lowest BCUT2D eigenvalue weighted by molar-refractivity contribution is -0.111. The highest BCUT2D eigenvalue weighted by Crippen LogP contribution is 2.17. The van der Waals surface area contributed by atoms with E-state index in [9.17, 15) is 9.59 Å². The Hall–Kier alpha value is -3.45. The van der Waals surface area contributed by atoms with Crippen molar-refractivity contribution in [1.82, 2.24) is 10.3 Å². The fraction of sp³-hybridized carbons (Fsp3) is 0.136. The third kappa shape index (κ3) is 5.76. The fourth-order valence-corrected chi connectivity index (χ4v) is 3.18. The molecule has 0 aliphatic rings. The Morgan fingerprint density at radius 1 is 1.14 bits per heavy atom. The van der Waals surface area contributed by atoms with Crippen LogP contribution in [0.5, 0.6) is 5.75 Å². The Labute approximate surface area is 173 Å². The molecule has 0 aliphatic carbocycles. The third-order valence-corrected chi connectivity index (χ3v) is 4.84. The van der Waals surface area contributed by atoms with Crippen LogP contribution in [0.25, 0.3) is 6.08 Å². The van der Waals surface area contributed by atoms with E-state index in [1.54, 1.807) is 48.7 Å². The first kappa shape index (κ1) is 20.3. The zero-order valence-electron chi connectivity index (χ0n) is 16.1. The molecule has 7 heteroatoms. The number of hydrogen-bond donors (Lipinski definition) is 2. The summed E-state index contributed by atoms with van der Waals surface area (Å²) in [5, 5.41) is 8.28. The molecular weight excluding hydrogens is 386 g/mol. The second-order valence-electron chi connectivity index (χ2n) is 6.16. The lowest BCUT2D eigenvalue weighted by Crippen LogP contribution is -2.20. The number of nitrogens with zero attached hydrogens (tertiary/aromatic N) is 1. The van der Waals surface area contributed by atoms with Crippen molar-refractivity contribution in [2.24, 2.45) is 0 Å². The maximum absolute atomic E-state index is 12.2. The summed E-state index contributed by atoms with van der Waals surface area (Å²) in [7, 11) is 1.55. The van der Waals surface area contributed by atoms with Gasteiger partial charge in [-0.05, 0) is 42.8 Å². The van der Waals surface area contributed by atoms with Gasteiger partial charge in [0.1, 0.15) is 12.4 Å². The number of hydrogen-bond acceptors (Lipinski definition) is 5. The van der Waals surface area contributed by atoms with Crippen molar-refractivity contribution >= 4 is 34.9 Å². The maximum Gasteiger partial charge on any atom is 0.253 e. The average Bonchev–Trinajstić information content (AvgIpc) is 3.16. The molecular formula is C22H21N3O3S. The highest BCUT2D eigenvalue weighted by Gasteiger charge is 2.10. The number of thiazole rings is 1. The van der Waals surface area contributed by atoms with Gasteiger partial charge in [-0.2, -0.15) is 0 Å². The van der Waals surface area contributed by atoms with Gasteiger partial charge in [-0.1, -0.05) is 24.3 Å². The number of carbonyl (C=O) groups excluding carboxylic acids is 2. The Morgan fingerprint density at radius 2 is 1.90 bits per heavy atom. The molecule has 0 saturated heterocycles. The van der Waals surface area contributed by atoms with E-state index in [0.717, 1.165) is 22.0 Å². The zero-order valence-corrected chi connectivity index (χ0v) is 17.0. The van der Waals surface area contributed by atoms with Crippen LogP contribution >= 0.6 is 11.3 Å². The molecule has 148 valence electrons. The zero-order chi connectivity index (χ0) is 20.6. The van der Waals surface area contributed by atoms with Gasteiger partial charge in [-0.25, -0.2) is 4.98 Å². The first-order chi connectivity index (χ1) is 14.0. The number of para-hydroxylation sites is 1. The molecule has 0 saturated carbocycles. The summed E-state index contributed by atoms with van der Waals surface area (Å²) in [6.07, 6.45) is 3.12. The molecule has 3 rings (SSSR count). The largest absolute Gasteiger partial charge is 0.487 e. The van der Waals surface area contributed by atoms with Crippen LogP contribution in [0.3, 0.4) is 0 Å². The highest BCUT2D eigenvalue weighted by atomic mass is 32.1. The lowest BCUT2D eigenvalue weighted by atomic mass is 10.1. The quantitative estimate of drug-likeness (QED) is 0.579. The Morgan fingerprint density at radius 3 is 2.59 bits per heavy atom. The van der Waals surface area contributed by atoms with Crippen LogP contribution < -0.4 is 15.4 Å². The first-order valence-electron chi connectivity index (χ1n) is 8.99. The molecule has 0 atom stereocenters. The number of nitrogens with one attached hydrogen (secondary N) is 2. The summed E-state index contributed by atoms with van der Waals surface area (Å²) in [4.78, 5) is 28.5. The molecule has 0 spiro atoms. The molecule has 2 amide bonds. The van der Waals surface area contributed by atoms with Gasteiger partial charge in [0.25, 0.3) is 5.91 Å². The summed E-state index contributed by atoms with van der Waals surface area (Å²) in [6.45, 7) is 2.38. The molecule has 6 nitrogen and oxygen atoms in total. The number of rotatable bonds is 7. The van der Waals surface area contributed by atoms with Gasteiger partial charge in [-0.3, -0.25) is 9.59 Å². The van der Waals surface area contributed by atoms with Crippen molar-refractivity contribution in [3.63, 3.8) is 0 Å². The Bertz CT molecular complexity index is 1030. The minimum Gasteiger partial charge on any atom is -0.487 e. The van der Waals surface area contributed by atoms with Gasteiger partial charge >= 0.3 is 0 Å². The third-order valence-electron chi connectivity index (χ3n) is 4.02. The predicted octanol–water partition coefficient (Wildman–Crippen LogP) is 4.04. The van der Waals surface area contributed by atoms with Crippen molar-refractivity contribution < 1.29 is 14.3 Å². The molecule has 1 aromatic heterocycles. The highest BCUT2D eigenvalue weighted by molar-refractivity contribution is 7.09. The molecule has 0 aliphatic heterocycles. The molecule has 2 N–H and O–H groups in total. The van der Waals surface area contributed by atoms with E-state index in [1.165, 1.54) is 6.08 Å². The van der Waals surface area contributed by atoms with Gasteiger partial charge in [0, 0.05) is 18.5 Å². The molecule has 0 unspecified atom stereocenters. The number of ether oxygens (including phenoxy) is 1. The minimum atomic E-state index is -0.319. The van der Waals surface area contributed by atoms with E-state index >= 15 is 0 Å². The van der Waals surface area contributed by atoms with E-state index in [1.807, 2.05) is 36.6 Å². The van der Waals surface area contributed by atoms with Gasteiger partial charge in [0.2, 0.25) is 5.91 Å². The Balaban J connectivity index is 1.57. The molecule has 29 heavy (non-hydrogen) atoms.